The van der Waals surface area contributed by atoms with E-state index in [1.54, 1.807) is 24.3 Å². The molecule has 3 aromatic rings. The van der Waals surface area contributed by atoms with Crippen molar-refractivity contribution in [2.75, 3.05) is 23.9 Å². The van der Waals surface area contributed by atoms with Gasteiger partial charge in [-0.1, -0.05) is 47.5 Å². The molecule has 0 bridgehead atoms. The van der Waals surface area contributed by atoms with Crippen LogP contribution in [0.5, 0.6) is 11.5 Å². The highest BCUT2D eigenvalue weighted by Crippen LogP contribution is 2.39. The number of benzene rings is 3. The first-order valence-electron chi connectivity index (χ1n) is 10.5. The molecule has 0 aromatic heterocycles. The number of carbonyl (C=O) groups is 2. The minimum absolute atomic E-state index is 0.166. The van der Waals surface area contributed by atoms with E-state index in [0.717, 1.165) is 10.5 Å². The van der Waals surface area contributed by atoms with E-state index in [0.29, 0.717) is 34.4 Å². The monoisotopic (exact) mass is 462 g/mol. The number of hydrogen-bond donors (Lipinski definition) is 1. The third kappa shape index (κ3) is 4.43. The predicted octanol–water partition coefficient (Wildman–Crippen LogP) is 5.45. The summed E-state index contributed by atoms with van der Waals surface area (Å²) in [6, 6.07) is 19.5. The van der Waals surface area contributed by atoms with Crippen molar-refractivity contribution >= 4 is 40.4 Å². The molecule has 0 saturated heterocycles. The number of hydrogen-bond acceptors (Lipinski definition) is 5. The minimum Gasteiger partial charge on any atom is -0.495 e. The number of methoxy groups -OCH3 is 1. The third-order valence-corrected chi connectivity index (χ3v) is 5.46. The Bertz CT molecular complexity index is 1250. The highest BCUT2D eigenvalue weighted by molar-refractivity contribution is 6.46. The summed E-state index contributed by atoms with van der Waals surface area (Å²) in [5.41, 5.74) is 3.02. The summed E-state index contributed by atoms with van der Waals surface area (Å²) >= 11 is 6.18. The van der Waals surface area contributed by atoms with E-state index in [1.165, 1.54) is 7.11 Å². The van der Waals surface area contributed by atoms with E-state index in [-0.39, 0.29) is 17.0 Å². The molecule has 7 heteroatoms. The maximum absolute atomic E-state index is 13.6. The second-order valence-electron chi connectivity index (χ2n) is 7.46. The lowest BCUT2D eigenvalue weighted by molar-refractivity contribution is -0.120. The zero-order valence-corrected chi connectivity index (χ0v) is 19.3. The van der Waals surface area contributed by atoms with Gasteiger partial charge in [-0.15, -0.1) is 0 Å². The zero-order chi connectivity index (χ0) is 23.5. The molecule has 33 heavy (non-hydrogen) atoms. The molecule has 0 saturated carbocycles. The average Bonchev–Trinajstić information content (AvgIpc) is 3.04. The number of carbonyl (C=O) groups excluding carboxylic acids is 2. The van der Waals surface area contributed by atoms with E-state index in [9.17, 15) is 9.59 Å². The molecule has 1 aliphatic heterocycles. The molecule has 0 unspecified atom stereocenters. The molecule has 0 spiro atoms. The Morgan fingerprint density at radius 3 is 2.42 bits per heavy atom. The molecule has 4 rings (SSSR count). The molecule has 0 atom stereocenters. The predicted molar refractivity (Wildman–Crippen MR) is 130 cm³/mol. The fourth-order valence-corrected chi connectivity index (χ4v) is 3.83. The van der Waals surface area contributed by atoms with Crippen LogP contribution in [0.25, 0.3) is 5.57 Å². The highest BCUT2D eigenvalue weighted by Gasteiger charge is 2.41. The SMILES string of the molecule is CCOc1cccc(NC2=C(c3ccc(C)cc3)C(=O)N(c3cc(Cl)ccc3OC)C2=O)c1. The number of anilines is 2. The lowest BCUT2D eigenvalue weighted by Gasteiger charge is -2.18. The molecular weight excluding hydrogens is 440 g/mol. The number of rotatable bonds is 7. The van der Waals surface area contributed by atoms with Gasteiger partial charge in [0.2, 0.25) is 0 Å². The zero-order valence-electron chi connectivity index (χ0n) is 18.5. The highest BCUT2D eigenvalue weighted by atomic mass is 35.5. The lowest BCUT2D eigenvalue weighted by Crippen LogP contribution is -2.32. The average molecular weight is 463 g/mol. The van der Waals surface area contributed by atoms with Gasteiger partial charge < -0.3 is 14.8 Å². The van der Waals surface area contributed by atoms with Crippen molar-refractivity contribution in [2.45, 2.75) is 13.8 Å². The second kappa shape index (κ2) is 9.38. The summed E-state index contributed by atoms with van der Waals surface area (Å²) in [6.45, 7) is 4.37. The molecule has 0 radical (unpaired) electrons. The van der Waals surface area contributed by atoms with Gasteiger partial charge in [0.1, 0.15) is 17.2 Å². The smallest absolute Gasteiger partial charge is 0.282 e. The van der Waals surface area contributed by atoms with Gasteiger partial charge in [-0.3, -0.25) is 9.59 Å². The van der Waals surface area contributed by atoms with Crippen LogP contribution in [0.2, 0.25) is 5.02 Å². The van der Waals surface area contributed by atoms with Crippen LogP contribution in [-0.2, 0) is 9.59 Å². The summed E-state index contributed by atoms with van der Waals surface area (Å²) in [4.78, 5) is 28.3. The fraction of sp³-hybridized carbons (Fsp3) is 0.154. The summed E-state index contributed by atoms with van der Waals surface area (Å²) < 4.78 is 11.0. The molecule has 0 fully saturated rings. The fourth-order valence-electron chi connectivity index (χ4n) is 3.67. The number of aryl methyl sites for hydroxylation is 1. The van der Waals surface area contributed by atoms with Crippen LogP contribution in [0, 0.1) is 6.92 Å². The van der Waals surface area contributed by atoms with Gasteiger partial charge in [0, 0.05) is 16.8 Å². The topological polar surface area (TPSA) is 67.9 Å². The van der Waals surface area contributed by atoms with E-state index in [4.69, 9.17) is 21.1 Å². The molecule has 1 heterocycles. The van der Waals surface area contributed by atoms with Gasteiger partial charge in [0.05, 0.1) is 25.0 Å². The second-order valence-corrected chi connectivity index (χ2v) is 7.90. The number of ether oxygens (including phenoxy) is 2. The number of nitrogens with zero attached hydrogens (tertiary/aromatic N) is 1. The molecule has 1 aliphatic rings. The van der Waals surface area contributed by atoms with Gasteiger partial charge in [0.15, 0.2) is 0 Å². The van der Waals surface area contributed by atoms with Crippen molar-refractivity contribution in [3.63, 3.8) is 0 Å². The van der Waals surface area contributed by atoms with Gasteiger partial charge in [-0.25, -0.2) is 4.90 Å². The number of nitrogens with one attached hydrogen (secondary N) is 1. The van der Waals surface area contributed by atoms with E-state index in [2.05, 4.69) is 5.32 Å². The Kier molecular flexibility index (Phi) is 6.38. The third-order valence-electron chi connectivity index (χ3n) is 5.22. The van der Waals surface area contributed by atoms with Gasteiger partial charge in [-0.2, -0.15) is 0 Å². The van der Waals surface area contributed by atoms with Crippen LogP contribution >= 0.6 is 11.6 Å². The molecule has 0 aliphatic carbocycles. The van der Waals surface area contributed by atoms with Crippen LogP contribution < -0.4 is 19.7 Å². The van der Waals surface area contributed by atoms with E-state index < -0.39 is 11.8 Å². The van der Waals surface area contributed by atoms with Crippen molar-refractivity contribution in [1.29, 1.82) is 0 Å². The van der Waals surface area contributed by atoms with Crippen LogP contribution in [-0.4, -0.2) is 25.5 Å². The van der Waals surface area contributed by atoms with Gasteiger partial charge in [-0.05, 0) is 49.7 Å². The van der Waals surface area contributed by atoms with Crippen molar-refractivity contribution in [3.8, 4) is 11.5 Å². The molecule has 168 valence electrons. The Labute approximate surface area is 197 Å². The summed E-state index contributed by atoms with van der Waals surface area (Å²) in [5.74, 6) is 0.0555. The van der Waals surface area contributed by atoms with E-state index >= 15 is 0 Å². The molecule has 2 amide bonds. The maximum Gasteiger partial charge on any atom is 0.282 e. The van der Waals surface area contributed by atoms with Crippen molar-refractivity contribution < 1.29 is 19.1 Å². The van der Waals surface area contributed by atoms with Crippen molar-refractivity contribution in [1.82, 2.24) is 0 Å². The van der Waals surface area contributed by atoms with Crippen LogP contribution in [0.1, 0.15) is 18.1 Å². The Morgan fingerprint density at radius 2 is 1.73 bits per heavy atom. The molecule has 6 nitrogen and oxygen atoms in total. The van der Waals surface area contributed by atoms with Crippen LogP contribution in [0.15, 0.2) is 72.4 Å². The van der Waals surface area contributed by atoms with E-state index in [1.807, 2.05) is 56.3 Å². The van der Waals surface area contributed by atoms with Crippen LogP contribution in [0.4, 0.5) is 11.4 Å². The van der Waals surface area contributed by atoms with Gasteiger partial charge >= 0.3 is 0 Å². The quantitative estimate of drug-likeness (QED) is 0.473. The first-order valence-corrected chi connectivity index (χ1v) is 10.8. The number of amides is 2. The Hall–Kier alpha value is -3.77. The Balaban J connectivity index is 1.83. The number of halogens is 1. The lowest BCUT2D eigenvalue weighted by atomic mass is 10.0. The molecule has 1 N–H and O–H groups in total. The summed E-state index contributed by atoms with van der Waals surface area (Å²) in [5, 5.41) is 3.53. The first kappa shape index (κ1) is 22.4. The summed E-state index contributed by atoms with van der Waals surface area (Å²) in [7, 11) is 1.48. The standard InChI is InChI=1S/C26H23ClN2O4/c1-4-33-20-7-5-6-19(15-20)28-24-23(17-10-8-16(2)9-11-17)25(30)29(26(24)31)21-14-18(27)12-13-22(21)32-3/h5-15,28H,4H2,1-3H3. The van der Waals surface area contributed by atoms with Crippen molar-refractivity contribution in [2.24, 2.45) is 0 Å². The van der Waals surface area contributed by atoms with Crippen molar-refractivity contribution in [3.05, 3.63) is 88.6 Å². The van der Waals surface area contributed by atoms with Gasteiger partial charge in [0.25, 0.3) is 11.8 Å². The first-order chi connectivity index (χ1) is 15.9. The van der Waals surface area contributed by atoms with Crippen LogP contribution in [0.3, 0.4) is 0 Å². The largest absolute Gasteiger partial charge is 0.495 e. The normalized spacial score (nSPS) is 13.5. The maximum atomic E-state index is 13.6. The molecular formula is C26H23ClN2O4. The Morgan fingerprint density at radius 1 is 0.970 bits per heavy atom. The summed E-state index contributed by atoms with van der Waals surface area (Å²) in [6.07, 6.45) is 0. The minimum atomic E-state index is -0.502. The molecule has 3 aromatic carbocycles. The number of imide groups is 1.